The molecule has 1 heterocycles. The SMILES string of the molecule is Cc1cc(Cl)ccc1Oc1cc(NC(=O)c2cnn(CCC(=O)O)c2)cc([N+](=O)[O-])c1. The Labute approximate surface area is 181 Å². The molecule has 31 heavy (non-hydrogen) atoms. The molecule has 1 aromatic heterocycles. The lowest BCUT2D eigenvalue weighted by Gasteiger charge is -2.11. The number of ether oxygens (including phenoxy) is 1. The number of hydrogen-bond acceptors (Lipinski definition) is 6. The van der Waals surface area contributed by atoms with Crippen LogP contribution in [0.25, 0.3) is 0 Å². The molecule has 3 rings (SSSR count). The fourth-order valence-electron chi connectivity index (χ4n) is 2.69. The number of benzene rings is 2. The van der Waals surface area contributed by atoms with E-state index in [4.69, 9.17) is 21.4 Å². The second kappa shape index (κ2) is 9.26. The van der Waals surface area contributed by atoms with Gasteiger partial charge in [-0.05, 0) is 30.7 Å². The number of anilines is 1. The van der Waals surface area contributed by atoms with Gasteiger partial charge >= 0.3 is 5.97 Å². The molecule has 0 bridgehead atoms. The first-order valence-electron chi connectivity index (χ1n) is 9.00. The van der Waals surface area contributed by atoms with Gasteiger partial charge in [-0.25, -0.2) is 0 Å². The van der Waals surface area contributed by atoms with Crippen LogP contribution < -0.4 is 10.1 Å². The molecule has 0 saturated carbocycles. The Morgan fingerprint density at radius 3 is 2.74 bits per heavy atom. The van der Waals surface area contributed by atoms with Crippen molar-refractivity contribution in [2.24, 2.45) is 0 Å². The van der Waals surface area contributed by atoms with E-state index in [1.165, 1.54) is 35.3 Å². The number of amides is 1. The number of non-ortho nitro benzene ring substituents is 1. The Hall–Kier alpha value is -3.92. The molecule has 0 unspecified atom stereocenters. The van der Waals surface area contributed by atoms with Crippen molar-refractivity contribution in [3.8, 4) is 11.5 Å². The standard InChI is InChI=1S/C20H17ClN4O6/c1-12-6-14(21)2-3-18(12)31-17-8-15(7-16(9-17)25(29)30)23-20(28)13-10-22-24(11-13)5-4-19(26)27/h2-3,6-11H,4-5H2,1H3,(H,23,28)(H,26,27). The first-order chi connectivity index (χ1) is 14.7. The highest BCUT2D eigenvalue weighted by Gasteiger charge is 2.16. The van der Waals surface area contributed by atoms with Crippen LogP contribution in [0.1, 0.15) is 22.3 Å². The van der Waals surface area contributed by atoms with Crippen LogP contribution in [0.4, 0.5) is 11.4 Å². The van der Waals surface area contributed by atoms with Crippen LogP contribution in [0, 0.1) is 17.0 Å². The average Bonchev–Trinajstić information content (AvgIpc) is 3.17. The molecule has 160 valence electrons. The smallest absolute Gasteiger partial charge is 0.305 e. The summed E-state index contributed by atoms with van der Waals surface area (Å²) < 4.78 is 7.08. The van der Waals surface area contributed by atoms with Crippen LogP contribution in [0.15, 0.2) is 48.8 Å². The second-order valence-electron chi connectivity index (χ2n) is 6.57. The number of aliphatic carboxylic acids is 1. The van der Waals surface area contributed by atoms with Gasteiger partial charge in [-0.3, -0.25) is 24.4 Å². The third-order valence-electron chi connectivity index (χ3n) is 4.17. The van der Waals surface area contributed by atoms with Gasteiger partial charge in [0.05, 0.1) is 41.4 Å². The molecule has 0 fully saturated rings. The number of aryl methyl sites for hydroxylation is 2. The van der Waals surface area contributed by atoms with Crippen LogP contribution in [0.3, 0.4) is 0 Å². The minimum atomic E-state index is -0.985. The van der Waals surface area contributed by atoms with Gasteiger partial charge in [0.25, 0.3) is 11.6 Å². The van der Waals surface area contributed by atoms with E-state index in [2.05, 4.69) is 10.4 Å². The monoisotopic (exact) mass is 444 g/mol. The number of aromatic nitrogens is 2. The molecular formula is C20H17ClN4O6. The van der Waals surface area contributed by atoms with Crippen molar-refractivity contribution in [1.29, 1.82) is 0 Å². The predicted octanol–water partition coefficient (Wildman–Crippen LogP) is 4.27. The Morgan fingerprint density at radius 2 is 2.06 bits per heavy atom. The largest absolute Gasteiger partial charge is 0.481 e. The molecule has 0 aliphatic carbocycles. The van der Waals surface area contributed by atoms with E-state index in [0.29, 0.717) is 10.8 Å². The van der Waals surface area contributed by atoms with Crippen LogP contribution in [-0.4, -0.2) is 31.7 Å². The van der Waals surface area contributed by atoms with E-state index >= 15 is 0 Å². The molecule has 0 radical (unpaired) electrons. The maximum atomic E-state index is 12.5. The molecule has 0 aliphatic rings. The zero-order valence-electron chi connectivity index (χ0n) is 16.2. The van der Waals surface area contributed by atoms with Gasteiger partial charge in [0.2, 0.25) is 0 Å². The number of nitro groups is 1. The fourth-order valence-corrected chi connectivity index (χ4v) is 2.92. The van der Waals surface area contributed by atoms with Crippen molar-refractivity contribution >= 4 is 34.9 Å². The van der Waals surface area contributed by atoms with Gasteiger partial charge in [-0.15, -0.1) is 0 Å². The molecule has 2 aromatic carbocycles. The number of nitrogens with one attached hydrogen (secondary N) is 1. The summed E-state index contributed by atoms with van der Waals surface area (Å²) in [6.45, 7) is 1.89. The number of hydrogen-bond donors (Lipinski definition) is 2. The highest BCUT2D eigenvalue weighted by atomic mass is 35.5. The molecule has 3 aromatic rings. The molecule has 1 amide bonds. The number of carboxylic acids is 1. The van der Waals surface area contributed by atoms with Crippen molar-refractivity contribution in [2.75, 3.05) is 5.32 Å². The molecule has 2 N–H and O–H groups in total. The summed E-state index contributed by atoms with van der Waals surface area (Å²) in [5.74, 6) is -0.925. The molecule has 0 atom stereocenters. The zero-order chi connectivity index (χ0) is 22.5. The zero-order valence-corrected chi connectivity index (χ0v) is 17.0. The number of rotatable bonds is 8. The van der Waals surface area contributed by atoms with Crippen molar-refractivity contribution in [3.05, 3.63) is 75.1 Å². The Kier molecular flexibility index (Phi) is 6.51. The highest BCUT2D eigenvalue weighted by molar-refractivity contribution is 6.30. The maximum absolute atomic E-state index is 12.5. The summed E-state index contributed by atoms with van der Waals surface area (Å²) in [5, 5.41) is 27.1. The Balaban J connectivity index is 1.81. The van der Waals surface area contributed by atoms with E-state index < -0.39 is 16.8 Å². The first-order valence-corrected chi connectivity index (χ1v) is 9.38. The topological polar surface area (TPSA) is 137 Å². The van der Waals surface area contributed by atoms with Gasteiger partial charge in [-0.1, -0.05) is 11.6 Å². The van der Waals surface area contributed by atoms with Gasteiger partial charge in [0.15, 0.2) is 0 Å². The summed E-state index contributed by atoms with van der Waals surface area (Å²) in [6.07, 6.45) is 2.53. The summed E-state index contributed by atoms with van der Waals surface area (Å²) >= 11 is 5.94. The van der Waals surface area contributed by atoms with Gasteiger partial charge in [0.1, 0.15) is 11.5 Å². The van der Waals surface area contributed by atoms with Crippen molar-refractivity contribution < 1.29 is 24.4 Å². The number of nitro benzene ring substituents is 1. The lowest BCUT2D eigenvalue weighted by Crippen LogP contribution is -2.11. The number of carbonyl (C=O) groups is 2. The normalized spacial score (nSPS) is 10.5. The van der Waals surface area contributed by atoms with E-state index in [1.54, 1.807) is 25.1 Å². The van der Waals surface area contributed by atoms with Crippen LogP contribution in [-0.2, 0) is 11.3 Å². The Bertz CT molecular complexity index is 1160. The summed E-state index contributed by atoms with van der Waals surface area (Å²) in [4.78, 5) is 33.9. The molecule has 0 aliphatic heterocycles. The Morgan fingerprint density at radius 1 is 1.29 bits per heavy atom. The van der Waals surface area contributed by atoms with E-state index in [9.17, 15) is 19.7 Å². The molecule has 10 nitrogen and oxygen atoms in total. The van der Waals surface area contributed by atoms with E-state index in [0.717, 1.165) is 5.56 Å². The number of carboxylic acid groups (broad SMARTS) is 1. The van der Waals surface area contributed by atoms with Crippen molar-refractivity contribution in [1.82, 2.24) is 9.78 Å². The summed E-state index contributed by atoms with van der Waals surface area (Å²) in [5.41, 5.74) is 0.793. The van der Waals surface area contributed by atoms with Gasteiger partial charge in [-0.2, -0.15) is 5.10 Å². The van der Waals surface area contributed by atoms with Crippen LogP contribution in [0.2, 0.25) is 5.02 Å². The molecular weight excluding hydrogens is 428 g/mol. The lowest BCUT2D eigenvalue weighted by molar-refractivity contribution is -0.384. The van der Waals surface area contributed by atoms with Crippen molar-refractivity contribution in [3.63, 3.8) is 0 Å². The van der Waals surface area contributed by atoms with Crippen molar-refractivity contribution in [2.45, 2.75) is 19.9 Å². The first kappa shape index (κ1) is 21.8. The number of halogens is 1. The predicted molar refractivity (Wildman–Crippen MR) is 112 cm³/mol. The quantitative estimate of drug-likeness (QED) is 0.391. The second-order valence-corrected chi connectivity index (χ2v) is 7.01. The minimum Gasteiger partial charge on any atom is -0.481 e. The third kappa shape index (κ3) is 5.80. The average molecular weight is 445 g/mol. The van der Waals surface area contributed by atoms with Gasteiger partial charge < -0.3 is 15.2 Å². The fraction of sp³-hybridized carbons (Fsp3) is 0.150. The lowest BCUT2D eigenvalue weighted by atomic mass is 10.2. The van der Waals surface area contributed by atoms with Gasteiger partial charge in [0, 0.05) is 23.4 Å². The maximum Gasteiger partial charge on any atom is 0.305 e. The van der Waals surface area contributed by atoms with Crippen LogP contribution in [0.5, 0.6) is 11.5 Å². The molecule has 0 saturated heterocycles. The van der Waals surface area contributed by atoms with E-state index in [1.807, 2.05) is 0 Å². The van der Waals surface area contributed by atoms with E-state index in [-0.39, 0.29) is 35.7 Å². The highest BCUT2D eigenvalue weighted by Crippen LogP contribution is 2.32. The number of carbonyl (C=O) groups excluding carboxylic acids is 1. The summed E-state index contributed by atoms with van der Waals surface area (Å²) in [6, 6.07) is 8.86. The van der Waals surface area contributed by atoms with Crippen LogP contribution >= 0.6 is 11.6 Å². The molecule has 0 spiro atoms. The minimum absolute atomic E-state index is 0.109. The summed E-state index contributed by atoms with van der Waals surface area (Å²) in [7, 11) is 0. The molecule has 11 heteroatoms. The third-order valence-corrected chi connectivity index (χ3v) is 4.41. The number of nitrogens with zero attached hydrogens (tertiary/aromatic N) is 3.